The van der Waals surface area contributed by atoms with Gasteiger partial charge in [-0.2, -0.15) is 0 Å². The number of nitrogens with zero attached hydrogens (tertiary/aromatic N) is 1. The van der Waals surface area contributed by atoms with Gasteiger partial charge in [0.15, 0.2) is 0 Å². The molecule has 0 unspecified atom stereocenters. The number of rotatable bonds is 6. The fraction of sp³-hybridized carbons (Fsp3) is 0.208. The Kier molecular flexibility index (Phi) is 6.72. The molecule has 0 atom stereocenters. The van der Waals surface area contributed by atoms with Gasteiger partial charge in [-0.25, -0.2) is 8.42 Å². The number of carbonyl (C=O) groups excluding carboxylic acids is 1. The molecule has 31 heavy (non-hydrogen) atoms. The molecule has 3 aromatic carbocycles. The van der Waals surface area contributed by atoms with Crippen molar-refractivity contribution in [3.05, 3.63) is 87.9 Å². The van der Waals surface area contributed by atoms with Gasteiger partial charge >= 0.3 is 0 Å². The van der Waals surface area contributed by atoms with E-state index in [-0.39, 0.29) is 11.4 Å². The number of sulfonamides is 1. The quantitative estimate of drug-likeness (QED) is 0.539. The normalized spacial score (nSPS) is 11.3. The Morgan fingerprint density at radius 2 is 1.55 bits per heavy atom. The van der Waals surface area contributed by atoms with E-state index in [0.29, 0.717) is 22.0 Å². The Labute approximate surface area is 188 Å². The summed E-state index contributed by atoms with van der Waals surface area (Å²) in [4.78, 5) is 13.0. The zero-order valence-electron chi connectivity index (χ0n) is 17.9. The topological polar surface area (TPSA) is 66.5 Å². The van der Waals surface area contributed by atoms with Crippen LogP contribution in [0.25, 0.3) is 0 Å². The second-order valence-corrected chi connectivity index (χ2v) is 9.90. The zero-order valence-corrected chi connectivity index (χ0v) is 19.5. The maximum atomic E-state index is 13.5. The predicted octanol–water partition coefficient (Wildman–Crippen LogP) is 5.41. The number of nitrogens with one attached hydrogen (secondary N) is 1. The maximum absolute atomic E-state index is 13.5. The van der Waals surface area contributed by atoms with Crippen molar-refractivity contribution in [2.75, 3.05) is 16.2 Å². The van der Waals surface area contributed by atoms with Crippen LogP contribution in [0, 0.1) is 27.7 Å². The molecule has 0 fully saturated rings. The van der Waals surface area contributed by atoms with E-state index in [0.717, 1.165) is 21.0 Å². The number of hydrogen-bond acceptors (Lipinski definition) is 3. The molecule has 0 radical (unpaired) electrons. The Balaban J connectivity index is 1.98. The predicted molar refractivity (Wildman–Crippen MR) is 126 cm³/mol. The molecule has 0 aromatic heterocycles. The summed E-state index contributed by atoms with van der Waals surface area (Å²) in [5.74, 6) is -0.437. The van der Waals surface area contributed by atoms with E-state index in [1.165, 1.54) is 0 Å². The molecule has 0 bridgehead atoms. The van der Waals surface area contributed by atoms with Gasteiger partial charge < -0.3 is 5.32 Å². The van der Waals surface area contributed by atoms with Crippen LogP contribution in [-0.4, -0.2) is 20.9 Å². The fourth-order valence-electron chi connectivity index (χ4n) is 3.19. The lowest BCUT2D eigenvalue weighted by Gasteiger charge is -2.26. The van der Waals surface area contributed by atoms with Crippen LogP contribution in [-0.2, 0) is 14.8 Å². The van der Waals surface area contributed by atoms with Crippen LogP contribution in [0.15, 0.2) is 65.6 Å². The van der Waals surface area contributed by atoms with Gasteiger partial charge in [0.05, 0.1) is 10.6 Å². The first-order valence-electron chi connectivity index (χ1n) is 9.80. The third-order valence-electron chi connectivity index (χ3n) is 5.11. The number of amides is 1. The first-order chi connectivity index (χ1) is 14.6. The summed E-state index contributed by atoms with van der Waals surface area (Å²) in [5, 5.41) is 3.30. The number of carbonyl (C=O) groups is 1. The van der Waals surface area contributed by atoms with Crippen molar-refractivity contribution in [2.24, 2.45) is 0 Å². The molecule has 1 N–H and O–H groups in total. The monoisotopic (exact) mass is 456 g/mol. The largest absolute Gasteiger partial charge is 0.325 e. The van der Waals surface area contributed by atoms with Crippen LogP contribution in [0.4, 0.5) is 11.4 Å². The van der Waals surface area contributed by atoms with Gasteiger partial charge in [-0.15, -0.1) is 0 Å². The molecule has 5 nitrogen and oxygen atoms in total. The van der Waals surface area contributed by atoms with E-state index in [4.69, 9.17) is 11.6 Å². The lowest BCUT2D eigenvalue weighted by atomic mass is 10.1. The number of benzene rings is 3. The van der Waals surface area contributed by atoms with E-state index in [2.05, 4.69) is 5.32 Å². The summed E-state index contributed by atoms with van der Waals surface area (Å²) in [6.07, 6.45) is 0. The van der Waals surface area contributed by atoms with Crippen molar-refractivity contribution in [3.63, 3.8) is 0 Å². The van der Waals surface area contributed by atoms with Crippen LogP contribution in [0.3, 0.4) is 0 Å². The van der Waals surface area contributed by atoms with E-state index in [9.17, 15) is 13.2 Å². The average molecular weight is 457 g/mol. The molecular weight excluding hydrogens is 432 g/mol. The van der Waals surface area contributed by atoms with Crippen molar-refractivity contribution < 1.29 is 13.2 Å². The van der Waals surface area contributed by atoms with Gasteiger partial charge in [-0.1, -0.05) is 35.4 Å². The van der Waals surface area contributed by atoms with Crippen molar-refractivity contribution in [2.45, 2.75) is 32.6 Å². The summed E-state index contributed by atoms with van der Waals surface area (Å²) in [6, 6.07) is 17.0. The molecule has 0 aliphatic rings. The SMILES string of the molecule is Cc1ccc(S(=O)(=O)N(CC(=O)Nc2ccc(C)c(C)c2)c2ccc(Cl)cc2C)cc1. The van der Waals surface area contributed by atoms with Gasteiger partial charge in [-0.05, 0) is 86.8 Å². The Bertz CT molecular complexity index is 1220. The van der Waals surface area contributed by atoms with Gasteiger partial charge in [0, 0.05) is 10.7 Å². The summed E-state index contributed by atoms with van der Waals surface area (Å²) >= 11 is 6.06. The molecular formula is C24H25ClN2O3S. The fourth-order valence-corrected chi connectivity index (χ4v) is 4.90. The zero-order chi connectivity index (χ0) is 22.8. The molecule has 3 aromatic rings. The summed E-state index contributed by atoms with van der Waals surface area (Å²) in [6.45, 7) is 7.22. The lowest BCUT2D eigenvalue weighted by Crippen LogP contribution is -2.38. The van der Waals surface area contributed by atoms with Crippen molar-refractivity contribution in [3.8, 4) is 0 Å². The molecule has 162 valence electrons. The van der Waals surface area contributed by atoms with Gasteiger partial charge in [0.25, 0.3) is 10.0 Å². The average Bonchev–Trinajstić information content (AvgIpc) is 2.70. The Hall–Kier alpha value is -2.83. The van der Waals surface area contributed by atoms with Gasteiger partial charge in [-0.3, -0.25) is 9.10 Å². The minimum atomic E-state index is -3.98. The number of anilines is 2. The first-order valence-corrected chi connectivity index (χ1v) is 11.6. The van der Waals surface area contributed by atoms with Gasteiger partial charge in [0.2, 0.25) is 5.91 Å². The van der Waals surface area contributed by atoms with Crippen LogP contribution in [0.1, 0.15) is 22.3 Å². The number of halogens is 1. The molecule has 0 aliphatic heterocycles. The summed E-state index contributed by atoms with van der Waals surface area (Å²) < 4.78 is 28.1. The molecule has 1 amide bonds. The molecule has 0 aliphatic carbocycles. The Morgan fingerprint density at radius 1 is 0.871 bits per heavy atom. The Morgan fingerprint density at radius 3 is 2.16 bits per heavy atom. The number of aryl methyl sites for hydroxylation is 4. The maximum Gasteiger partial charge on any atom is 0.264 e. The smallest absolute Gasteiger partial charge is 0.264 e. The third-order valence-corrected chi connectivity index (χ3v) is 7.12. The van der Waals surface area contributed by atoms with E-state index >= 15 is 0 Å². The van der Waals surface area contributed by atoms with Crippen molar-refractivity contribution >= 4 is 38.9 Å². The first kappa shape index (κ1) is 22.8. The molecule has 0 saturated heterocycles. The van der Waals surface area contributed by atoms with Crippen LogP contribution in [0.5, 0.6) is 0 Å². The highest BCUT2D eigenvalue weighted by molar-refractivity contribution is 7.92. The lowest BCUT2D eigenvalue weighted by molar-refractivity contribution is -0.114. The van der Waals surface area contributed by atoms with Crippen LogP contribution in [0.2, 0.25) is 5.02 Å². The van der Waals surface area contributed by atoms with Crippen molar-refractivity contribution in [1.82, 2.24) is 0 Å². The van der Waals surface area contributed by atoms with Crippen molar-refractivity contribution in [1.29, 1.82) is 0 Å². The standard InChI is InChI=1S/C24H25ClN2O3S/c1-16-5-10-22(11-6-16)31(29,30)27(23-12-8-20(25)13-19(23)4)15-24(28)26-21-9-7-17(2)18(3)14-21/h5-14H,15H2,1-4H3,(H,26,28). The highest BCUT2D eigenvalue weighted by Crippen LogP contribution is 2.29. The minimum Gasteiger partial charge on any atom is -0.325 e. The molecule has 3 rings (SSSR count). The molecule has 0 spiro atoms. The molecule has 0 saturated carbocycles. The molecule has 0 heterocycles. The second-order valence-electron chi connectivity index (χ2n) is 7.60. The highest BCUT2D eigenvalue weighted by atomic mass is 35.5. The van der Waals surface area contributed by atoms with E-state index < -0.39 is 15.9 Å². The number of hydrogen-bond donors (Lipinski definition) is 1. The van der Waals surface area contributed by atoms with E-state index in [1.54, 1.807) is 55.5 Å². The van der Waals surface area contributed by atoms with Crippen LogP contribution < -0.4 is 9.62 Å². The second kappa shape index (κ2) is 9.12. The highest BCUT2D eigenvalue weighted by Gasteiger charge is 2.28. The third kappa shape index (κ3) is 5.27. The summed E-state index contributed by atoms with van der Waals surface area (Å²) in [5.41, 5.74) is 4.77. The van der Waals surface area contributed by atoms with Gasteiger partial charge in [0.1, 0.15) is 6.54 Å². The summed E-state index contributed by atoms with van der Waals surface area (Å²) in [7, 11) is -3.98. The van der Waals surface area contributed by atoms with Crippen LogP contribution >= 0.6 is 11.6 Å². The minimum absolute atomic E-state index is 0.117. The van der Waals surface area contributed by atoms with E-state index in [1.807, 2.05) is 32.9 Å². The molecule has 7 heteroatoms.